The Hall–Kier alpha value is -4.73. The standard InChI is InChI=1S/C32H33N7O2/c33-19-23-1-3-25(4-2-23)22-38-15-11-27(12-16-38)37-32(41)30-10-7-26(21-35-30)31(40)36-28-13-17-39(18-14-28)29-8-5-24(20-34)6-9-29/h1-10,21,27-28H,11-18,22H2,(H,36,40)(H,37,41). The summed E-state index contributed by atoms with van der Waals surface area (Å²) in [5.74, 6) is -0.409. The fourth-order valence-corrected chi connectivity index (χ4v) is 5.40. The van der Waals surface area contributed by atoms with Crippen LogP contribution in [0.1, 0.15) is 63.2 Å². The molecule has 3 aromatic rings. The molecular formula is C32H33N7O2. The van der Waals surface area contributed by atoms with Gasteiger partial charge in [0, 0.05) is 56.7 Å². The van der Waals surface area contributed by atoms with Crippen LogP contribution in [0.2, 0.25) is 0 Å². The zero-order valence-corrected chi connectivity index (χ0v) is 22.9. The molecule has 0 radical (unpaired) electrons. The van der Waals surface area contributed by atoms with Crippen LogP contribution in [0, 0.1) is 22.7 Å². The topological polar surface area (TPSA) is 125 Å². The molecule has 2 amide bonds. The van der Waals surface area contributed by atoms with E-state index in [1.54, 1.807) is 12.1 Å². The van der Waals surface area contributed by atoms with Crippen LogP contribution in [0.5, 0.6) is 0 Å². The second kappa shape index (κ2) is 13.1. The zero-order valence-electron chi connectivity index (χ0n) is 22.9. The first-order valence-electron chi connectivity index (χ1n) is 14.0. The third-order valence-corrected chi connectivity index (χ3v) is 7.86. The number of piperidine rings is 2. The van der Waals surface area contributed by atoms with Gasteiger partial charge in [-0.05, 0) is 79.8 Å². The minimum atomic E-state index is -0.224. The molecule has 1 aromatic heterocycles. The van der Waals surface area contributed by atoms with E-state index in [-0.39, 0.29) is 23.9 Å². The van der Waals surface area contributed by atoms with Gasteiger partial charge in [-0.2, -0.15) is 10.5 Å². The van der Waals surface area contributed by atoms with Crippen molar-refractivity contribution in [1.29, 1.82) is 10.5 Å². The maximum absolute atomic E-state index is 12.8. The molecule has 208 valence electrons. The van der Waals surface area contributed by atoms with Crippen LogP contribution in [0.25, 0.3) is 0 Å². The third-order valence-electron chi connectivity index (χ3n) is 7.86. The summed E-state index contributed by atoms with van der Waals surface area (Å²) in [6.07, 6.45) is 4.83. The Morgan fingerprint density at radius 1 is 0.756 bits per heavy atom. The number of nitriles is 2. The number of carbonyl (C=O) groups is 2. The van der Waals surface area contributed by atoms with Crippen molar-refractivity contribution < 1.29 is 9.59 Å². The smallest absolute Gasteiger partial charge is 0.270 e. The average molecular weight is 548 g/mol. The average Bonchev–Trinajstić information content (AvgIpc) is 3.03. The Labute approximate surface area is 240 Å². The predicted molar refractivity (Wildman–Crippen MR) is 155 cm³/mol. The number of carbonyl (C=O) groups excluding carboxylic acids is 2. The van der Waals surface area contributed by atoms with Crippen LogP contribution >= 0.6 is 0 Å². The Morgan fingerprint density at radius 3 is 1.88 bits per heavy atom. The van der Waals surface area contributed by atoms with Crippen molar-refractivity contribution in [2.75, 3.05) is 31.1 Å². The van der Waals surface area contributed by atoms with Crippen molar-refractivity contribution in [3.63, 3.8) is 0 Å². The molecule has 2 aliphatic rings. The first-order valence-corrected chi connectivity index (χ1v) is 14.0. The Morgan fingerprint density at radius 2 is 1.32 bits per heavy atom. The molecule has 2 fully saturated rings. The molecule has 2 aromatic carbocycles. The number of nitrogens with one attached hydrogen (secondary N) is 2. The van der Waals surface area contributed by atoms with Crippen molar-refractivity contribution in [3.8, 4) is 12.1 Å². The summed E-state index contributed by atoms with van der Waals surface area (Å²) in [6.45, 7) is 4.23. The summed E-state index contributed by atoms with van der Waals surface area (Å²) in [4.78, 5) is 34.5. The largest absolute Gasteiger partial charge is 0.371 e. The minimum Gasteiger partial charge on any atom is -0.371 e. The lowest BCUT2D eigenvalue weighted by molar-refractivity contribution is 0.0898. The molecule has 0 aliphatic carbocycles. The number of likely N-dealkylation sites (tertiary alicyclic amines) is 1. The van der Waals surface area contributed by atoms with Gasteiger partial charge >= 0.3 is 0 Å². The fourth-order valence-electron chi connectivity index (χ4n) is 5.40. The first kappa shape index (κ1) is 27.8. The predicted octanol–water partition coefficient (Wildman–Crippen LogP) is 3.62. The van der Waals surface area contributed by atoms with E-state index in [2.05, 4.69) is 37.6 Å². The quantitative estimate of drug-likeness (QED) is 0.463. The molecule has 2 saturated heterocycles. The van der Waals surface area contributed by atoms with Crippen molar-refractivity contribution in [1.82, 2.24) is 20.5 Å². The molecule has 9 nitrogen and oxygen atoms in total. The van der Waals surface area contributed by atoms with Crippen LogP contribution in [-0.4, -0.2) is 60.0 Å². The van der Waals surface area contributed by atoms with Gasteiger partial charge in [0.1, 0.15) is 5.69 Å². The van der Waals surface area contributed by atoms with E-state index < -0.39 is 0 Å². The maximum atomic E-state index is 12.8. The summed E-state index contributed by atoms with van der Waals surface area (Å²) >= 11 is 0. The number of rotatable bonds is 7. The monoisotopic (exact) mass is 547 g/mol. The highest BCUT2D eigenvalue weighted by Crippen LogP contribution is 2.21. The Balaban J connectivity index is 1.04. The molecular weight excluding hydrogens is 514 g/mol. The molecule has 0 atom stereocenters. The van der Waals surface area contributed by atoms with E-state index in [4.69, 9.17) is 10.5 Å². The van der Waals surface area contributed by atoms with E-state index in [9.17, 15) is 9.59 Å². The lowest BCUT2D eigenvalue weighted by Crippen LogP contribution is -2.45. The van der Waals surface area contributed by atoms with E-state index in [0.29, 0.717) is 22.4 Å². The Kier molecular flexibility index (Phi) is 8.88. The van der Waals surface area contributed by atoms with Gasteiger partial charge in [-0.1, -0.05) is 12.1 Å². The van der Waals surface area contributed by atoms with Gasteiger partial charge in [-0.25, -0.2) is 0 Å². The molecule has 0 bridgehead atoms. The summed E-state index contributed by atoms with van der Waals surface area (Å²) in [6, 6.07) is 22.9. The maximum Gasteiger partial charge on any atom is 0.270 e. The molecule has 0 saturated carbocycles. The number of hydrogen-bond donors (Lipinski definition) is 2. The summed E-state index contributed by atoms with van der Waals surface area (Å²) in [7, 11) is 0. The van der Waals surface area contributed by atoms with Crippen LogP contribution in [0.3, 0.4) is 0 Å². The van der Waals surface area contributed by atoms with Crippen molar-refractivity contribution in [2.45, 2.75) is 44.3 Å². The lowest BCUT2D eigenvalue weighted by Gasteiger charge is -2.34. The highest BCUT2D eigenvalue weighted by molar-refractivity contribution is 5.96. The van der Waals surface area contributed by atoms with Crippen molar-refractivity contribution in [3.05, 3.63) is 94.8 Å². The van der Waals surface area contributed by atoms with Crippen molar-refractivity contribution in [2.24, 2.45) is 0 Å². The molecule has 0 unspecified atom stereocenters. The van der Waals surface area contributed by atoms with Gasteiger partial charge < -0.3 is 15.5 Å². The molecule has 2 aliphatic heterocycles. The number of pyridine rings is 1. The highest BCUT2D eigenvalue weighted by atomic mass is 16.2. The molecule has 2 N–H and O–H groups in total. The van der Waals surface area contributed by atoms with Gasteiger partial charge in [0.15, 0.2) is 0 Å². The van der Waals surface area contributed by atoms with Gasteiger partial charge in [-0.3, -0.25) is 19.5 Å². The van der Waals surface area contributed by atoms with Gasteiger partial charge in [-0.15, -0.1) is 0 Å². The zero-order chi connectivity index (χ0) is 28.6. The molecule has 9 heteroatoms. The number of hydrogen-bond acceptors (Lipinski definition) is 7. The number of aromatic nitrogens is 1. The van der Waals surface area contributed by atoms with Gasteiger partial charge in [0.05, 0.1) is 28.8 Å². The summed E-state index contributed by atoms with van der Waals surface area (Å²) in [5.41, 5.74) is 4.30. The SMILES string of the molecule is N#Cc1ccc(CN2CCC(NC(=O)c3ccc(C(=O)NC4CCN(c5ccc(C#N)cc5)CC4)cn3)CC2)cc1. The second-order valence-corrected chi connectivity index (χ2v) is 10.7. The Bertz CT molecular complexity index is 1420. The minimum absolute atomic E-state index is 0.0721. The summed E-state index contributed by atoms with van der Waals surface area (Å²) < 4.78 is 0. The molecule has 0 spiro atoms. The van der Waals surface area contributed by atoms with E-state index >= 15 is 0 Å². The number of anilines is 1. The molecule has 5 rings (SSSR count). The molecule has 3 heterocycles. The normalized spacial score (nSPS) is 16.4. The summed E-state index contributed by atoms with van der Waals surface area (Å²) in [5, 5.41) is 24.1. The highest BCUT2D eigenvalue weighted by Gasteiger charge is 2.23. The van der Waals surface area contributed by atoms with Gasteiger partial charge in [0.25, 0.3) is 11.8 Å². The third kappa shape index (κ3) is 7.27. The van der Waals surface area contributed by atoms with Crippen molar-refractivity contribution >= 4 is 17.5 Å². The second-order valence-electron chi connectivity index (χ2n) is 10.7. The van der Waals surface area contributed by atoms with E-state index in [1.165, 1.54) is 11.8 Å². The number of amides is 2. The van der Waals surface area contributed by atoms with Crippen LogP contribution in [0.15, 0.2) is 66.9 Å². The number of nitrogens with zero attached hydrogens (tertiary/aromatic N) is 5. The fraction of sp³-hybridized carbons (Fsp3) is 0.344. The lowest BCUT2D eigenvalue weighted by atomic mass is 10.0. The number of benzene rings is 2. The van der Waals surface area contributed by atoms with Gasteiger partial charge in [0.2, 0.25) is 0 Å². The van der Waals surface area contributed by atoms with E-state index in [0.717, 1.165) is 64.1 Å². The van der Waals surface area contributed by atoms with E-state index in [1.807, 2.05) is 48.5 Å². The van der Waals surface area contributed by atoms with Crippen LogP contribution in [-0.2, 0) is 6.54 Å². The van der Waals surface area contributed by atoms with Crippen LogP contribution in [0.4, 0.5) is 5.69 Å². The molecule has 41 heavy (non-hydrogen) atoms. The first-order chi connectivity index (χ1) is 20.0. The van der Waals surface area contributed by atoms with Crippen LogP contribution < -0.4 is 15.5 Å².